The fourth-order valence-electron chi connectivity index (χ4n) is 3.85. The number of amides is 3. The second-order valence-electron chi connectivity index (χ2n) is 7.36. The third-order valence-corrected chi connectivity index (χ3v) is 5.51. The molecule has 1 saturated heterocycles. The summed E-state index contributed by atoms with van der Waals surface area (Å²) in [6, 6.07) is 15.5. The number of rotatable bonds is 4. The topological polar surface area (TPSA) is 60.9 Å². The SMILES string of the molecule is CN1CCN(C(=O)[C@@H](Cc2ccccc2)N2C(=O)c3ccccc3C2=O)CC1. The minimum absolute atomic E-state index is 0.161. The van der Waals surface area contributed by atoms with Gasteiger partial charge in [0.1, 0.15) is 6.04 Å². The van der Waals surface area contributed by atoms with Gasteiger partial charge >= 0.3 is 0 Å². The number of nitrogens with zero attached hydrogens (tertiary/aromatic N) is 3. The van der Waals surface area contributed by atoms with Crippen LogP contribution in [-0.4, -0.2) is 71.7 Å². The second kappa shape index (κ2) is 7.56. The van der Waals surface area contributed by atoms with Crippen molar-refractivity contribution in [2.24, 2.45) is 0 Å². The lowest BCUT2D eigenvalue weighted by molar-refractivity contribution is -0.137. The van der Waals surface area contributed by atoms with Crippen molar-refractivity contribution >= 4 is 17.7 Å². The van der Waals surface area contributed by atoms with Gasteiger partial charge in [-0.2, -0.15) is 0 Å². The van der Waals surface area contributed by atoms with Crippen LogP contribution in [0.1, 0.15) is 26.3 Å². The number of fused-ring (bicyclic) bond motifs is 1. The highest BCUT2D eigenvalue weighted by Gasteiger charge is 2.44. The van der Waals surface area contributed by atoms with Crippen molar-refractivity contribution in [3.63, 3.8) is 0 Å². The number of hydrogen-bond acceptors (Lipinski definition) is 4. The summed E-state index contributed by atoms with van der Waals surface area (Å²) >= 11 is 0. The van der Waals surface area contributed by atoms with E-state index >= 15 is 0 Å². The second-order valence-corrected chi connectivity index (χ2v) is 7.36. The van der Waals surface area contributed by atoms with Crippen molar-refractivity contribution in [3.05, 3.63) is 71.3 Å². The van der Waals surface area contributed by atoms with Crippen molar-refractivity contribution in [3.8, 4) is 0 Å². The smallest absolute Gasteiger partial charge is 0.262 e. The molecule has 0 spiro atoms. The highest BCUT2D eigenvalue weighted by Crippen LogP contribution is 2.27. The predicted molar refractivity (Wildman–Crippen MR) is 105 cm³/mol. The molecule has 144 valence electrons. The minimum atomic E-state index is -0.835. The Morgan fingerprint density at radius 2 is 1.39 bits per heavy atom. The summed E-state index contributed by atoms with van der Waals surface area (Å²) in [5.41, 5.74) is 1.67. The number of benzene rings is 2. The maximum absolute atomic E-state index is 13.4. The van der Waals surface area contributed by atoms with E-state index in [0.717, 1.165) is 23.6 Å². The average molecular weight is 377 g/mol. The van der Waals surface area contributed by atoms with Gasteiger partial charge in [0.25, 0.3) is 11.8 Å². The summed E-state index contributed by atoms with van der Waals surface area (Å²) < 4.78 is 0. The van der Waals surface area contributed by atoms with Gasteiger partial charge < -0.3 is 9.80 Å². The first kappa shape index (κ1) is 18.4. The summed E-state index contributed by atoms with van der Waals surface area (Å²) in [6.45, 7) is 2.77. The molecule has 0 aliphatic carbocycles. The Morgan fingerprint density at radius 1 is 0.857 bits per heavy atom. The molecule has 3 amide bonds. The monoisotopic (exact) mass is 377 g/mol. The molecular formula is C22H23N3O3. The molecule has 2 aromatic rings. The molecule has 6 heteroatoms. The molecule has 2 aliphatic heterocycles. The van der Waals surface area contributed by atoms with Gasteiger partial charge in [0.05, 0.1) is 11.1 Å². The third kappa shape index (κ3) is 3.31. The molecule has 0 saturated carbocycles. The van der Waals surface area contributed by atoms with E-state index in [1.807, 2.05) is 37.4 Å². The van der Waals surface area contributed by atoms with E-state index in [1.165, 1.54) is 0 Å². The Morgan fingerprint density at radius 3 is 1.96 bits per heavy atom. The molecule has 0 bridgehead atoms. The molecule has 0 unspecified atom stereocenters. The van der Waals surface area contributed by atoms with Crippen LogP contribution in [0.5, 0.6) is 0 Å². The van der Waals surface area contributed by atoms with Gasteiger partial charge in [0.2, 0.25) is 5.91 Å². The molecule has 0 radical (unpaired) electrons. The number of carbonyl (C=O) groups is 3. The van der Waals surface area contributed by atoms with E-state index < -0.39 is 6.04 Å². The average Bonchev–Trinajstić information content (AvgIpc) is 2.98. The van der Waals surface area contributed by atoms with Gasteiger partial charge in [0.15, 0.2) is 0 Å². The van der Waals surface area contributed by atoms with Crippen LogP contribution < -0.4 is 0 Å². The van der Waals surface area contributed by atoms with E-state index in [9.17, 15) is 14.4 Å². The van der Waals surface area contributed by atoms with Crippen molar-refractivity contribution in [1.29, 1.82) is 0 Å². The van der Waals surface area contributed by atoms with Crippen molar-refractivity contribution in [2.75, 3.05) is 33.2 Å². The lowest BCUT2D eigenvalue weighted by Crippen LogP contribution is -2.56. The summed E-state index contributed by atoms with van der Waals surface area (Å²) in [5.74, 6) is -0.931. The van der Waals surface area contributed by atoms with E-state index in [4.69, 9.17) is 0 Å². The first-order chi connectivity index (χ1) is 13.6. The van der Waals surface area contributed by atoms with Crippen LogP contribution in [0.15, 0.2) is 54.6 Å². The summed E-state index contributed by atoms with van der Waals surface area (Å²) in [5, 5.41) is 0. The predicted octanol–water partition coefficient (Wildman–Crippen LogP) is 1.67. The molecule has 1 atom stereocenters. The third-order valence-electron chi connectivity index (χ3n) is 5.51. The van der Waals surface area contributed by atoms with Gasteiger partial charge in [-0.05, 0) is 24.7 Å². The quantitative estimate of drug-likeness (QED) is 0.761. The Hall–Kier alpha value is -2.99. The molecule has 1 fully saturated rings. The highest BCUT2D eigenvalue weighted by molar-refractivity contribution is 6.22. The van der Waals surface area contributed by atoms with Crippen LogP contribution in [0.25, 0.3) is 0 Å². The molecular weight excluding hydrogens is 354 g/mol. The minimum Gasteiger partial charge on any atom is -0.338 e. The molecule has 4 rings (SSSR count). The zero-order chi connectivity index (χ0) is 19.7. The van der Waals surface area contributed by atoms with Crippen molar-refractivity contribution in [1.82, 2.24) is 14.7 Å². The summed E-state index contributed by atoms with van der Waals surface area (Å²) in [7, 11) is 2.02. The van der Waals surface area contributed by atoms with E-state index in [2.05, 4.69) is 4.90 Å². The summed E-state index contributed by atoms with van der Waals surface area (Å²) in [4.78, 5) is 44.5. The Kier molecular flexibility index (Phi) is 4.96. The Labute approximate surface area is 164 Å². The van der Waals surface area contributed by atoms with E-state index in [-0.39, 0.29) is 17.7 Å². The molecule has 2 heterocycles. The van der Waals surface area contributed by atoms with Gasteiger partial charge in [-0.3, -0.25) is 19.3 Å². The lowest BCUT2D eigenvalue weighted by atomic mass is 10.0. The fraction of sp³-hybridized carbons (Fsp3) is 0.318. The number of carbonyl (C=O) groups excluding carboxylic acids is 3. The molecule has 2 aliphatic rings. The van der Waals surface area contributed by atoms with Crippen LogP contribution in [0, 0.1) is 0 Å². The van der Waals surface area contributed by atoms with Crippen LogP contribution in [0.4, 0.5) is 0 Å². The van der Waals surface area contributed by atoms with Crippen molar-refractivity contribution in [2.45, 2.75) is 12.5 Å². The van der Waals surface area contributed by atoms with Crippen LogP contribution >= 0.6 is 0 Å². The van der Waals surface area contributed by atoms with Gasteiger partial charge in [-0.25, -0.2) is 0 Å². The van der Waals surface area contributed by atoms with Crippen molar-refractivity contribution < 1.29 is 14.4 Å². The molecule has 0 N–H and O–H groups in total. The van der Waals surface area contributed by atoms with E-state index in [1.54, 1.807) is 29.2 Å². The maximum atomic E-state index is 13.4. The Balaban J connectivity index is 1.66. The van der Waals surface area contributed by atoms with Crippen LogP contribution in [-0.2, 0) is 11.2 Å². The van der Waals surface area contributed by atoms with Crippen LogP contribution in [0.3, 0.4) is 0 Å². The van der Waals surface area contributed by atoms with Gasteiger partial charge in [-0.1, -0.05) is 42.5 Å². The lowest BCUT2D eigenvalue weighted by Gasteiger charge is -2.36. The van der Waals surface area contributed by atoms with Crippen LogP contribution in [0.2, 0.25) is 0 Å². The maximum Gasteiger partial charge on any atom is 0.262 e. The molecule has 2 aromatic carbocycles. The fourth-order valence-corrected chi connectivity index (χ4v) is 3.85. The largest absolute Gasteiger partial charge is 0.338 e. The number of hydrogen-bond donors (Lipinski definition) is 0. The zero-order valence-electron chi connectivity index (χ0n) is 15.9. The number of likely N-dealkylation sites (N-methyl/N-ethyl adjacent to an activating group) is 1. The molecule has 28 heavy (non-hydrogen) atoms. The number of piperazine rings is 1. The first-order valence-electron chi connectivity index (χ1n) is 9.54. The molecule has 6 nitrogen and oxygen atoms in total. The highest BCUT2D eigenvalue weighted by atomic mass is 16.2. The zero-order valence-corrected chi connectivity index (χ0v) is 15.9. The standard InChI is InChI=1S/C22H23N3O3/c1-23-11-13-24(14-12-23)22(28)19(15-16-7-3-2-4-8-16)25-20(26)17-9-5-6-10-18(17)21(25)27/h2-10,19H,11-15H2,1H3/t19-/m1/s1. The Bertz CT molecular complexity index is 869. The van der Waals surface area contributed by atoms with E-state index in [0.29, 0.717) is 30.6 Å². The molecule has 0 aromatic heterocycles. The normalized spacial score (nSPS) is 18.3. The number of imide groups is 1. The first-order valence-corrected chi connectivity index (χ1v) is 9.54. The van der Waals surface area contributed by atoms with Gasteiger partial charge in [0, 0.05) is 32.6 Å². The summed E-state index contributed by atoms with van der Waals surface area (Å²) in [6.07, 6.45) is 0.317. The van der Waals surface area contributed by atoms with Gasteiger partial charge in [-0.15, -0.1) is 0 Å².